The van der Waals surface area contributed by atoms with E-state index in [1.54, 1.807) is 36.4 Å². The summed E-state index contributed by atoms with van der Waals surface area (Å²) in [6.45, 7) is 3.50. The summed E-state index contributed by atoms with van der Waals surface area (Å²) in [6, 6.07) is 14.5. The van der Waals surface area contributed by atoms with Crippen LogP contribution in [-0.2, 0) is 25.5 Å². The highest BCUT2D eigenvalue weighted by Gasteiger charge is 2.27. The van der Waals surface area contributed by atoms with E-state index in [9.17, 15) is 14.4 Å². The smallest absolute Gasteiger partial charge is 0.326 e. The number of carbonyl (C=O) groups is 3. The van der Waals surface area contributed by atoms with Crippen LogP contribution in [0, 0.1) is 0 Å². The minimum absolute atomic E-state index is 0.158. The molecule has 0 saturated heterocycles. The molecule has 1 aliphatic heterocycles. The maximum Gasteiger partial charge on any atom is 0.326 e. The number of para-hydroxylation sites is 2. The number of aryl methyl sites for hydroxylation is 1. The average Bonchev–Trinajstić information content (AvgIpc) is 2.87. The highest BCUT2D eigenvalue weighted by Crippen LogP contribution is 2.30. The van der Waals surface area contributed by atoms with E-state index in [-0.39, 0.29) is 25.5 Å². The van der Waals surface area contributed by atoms with Crippen LogP contribution >= 0.6 is 0 Å². The van der Waals surface area contributed by atoms with Crippen molar-refractivity contribution < 1.29 is 23.9 Å². The van der Waals surface area contributed by atoms with E-state index in [0.717, 1.165) is 12.0 Å². The molecule has 0 fully saturated rings. The van der Waals surface area contributed by atoms with E-state index in [4.69, 9.17) is 9.47 Å². The van der Waals surface area contributed by atoms with E-state index in [2.05, 4.69) is 12.2 Å². The Morgan fingerprint density at radius 3 is 2.62 bits per heavy atom. The summed E-state index contributed by atoms with van der Waals surface area (Å²) in [4.78, 5) is 38.4. The normalized spacial score (nSPS) is 14.3. The van der Waals surface area contributed by atoms with Crippen molar-refractivity contribution in [3.05, 3.63) is 54.1 Å². The van der Waals surface area contributed by atoms with Crippen molar-refractivity contribution >= 4 is 29.2 Å². The minimum Gasteiger partial charge on any atom is -0.491 e. The van der Waals surface area contributed by atoms with Gasteiger partial charge in [0.25, 0.3) is 5.91 Å². The number of carbonyl (C=O) groups excluding carboxylic acids is 3. The Balaban J connectivity index is 1.60. The lowest BCUT2D eigenvalue weighted by molar-refractivity contribution is -0.152. The van der Waals surface area contributed by atoms with E-state index in [1.807, 2.05) is 12.1 Å². The van der Waals surface area contributed by atoms with Gasteiger partial charge in [0, 0.05) is 5.69 Å². The Kier molecular flexibility index (Phi) is 6.49. The number of benzene rings is 2. The molecule has 0 spiro atoms. The lowest BCUT2D eigenvalue weighted by atomic mass is 10.1. The zero-order valence-corrected chi connectivity index (χ0v) is 16.5. The molecule has 2 aromatic rings. The molecule has 0 aromatic heterocycles. The van der Waals surface area contributed by atoms with Crippen molar-refractivity contribution in [3.63, 3.8) is 0 Å². The van der Waals surface area contributed by atoms with Crippen LogP contribution in [0.2, 0.25) is 0 Å². The highest BCUT2D eigenvalue weighted by molar-refractivity contribution is 6.00. The van der Waals surface area contributed by atoms with Crippen molar-refractivity contribution in [3.8, 4) is 5.75 Å². The molecule has 7 nitrogen and oxygen atoms in total. The van der Waals surface area contributed by atoms with Crippen molar-refractivity contribution in [1.29, 1.82) is 0 Å². The van der Waals surface area contributed by atoms with Crippen LogP contribution in [-0.4, -0.2) is 37.0 Å². The summed E-state index contributed by atoms with van der Waals surface area (Å²) in [5.41, 5.74) is 2.30. The number of fused-ring (bicyclic) bond motifs is 1. The molecule has 1 atom stereocenters. The first-order chi connectivity index (χ1) is 14.0. The second-order valence-corrected chi connectivity index (χ2v) is 6.72. The van der Waals surface area contributed by atoms with E-state index in [1.165, 1.54) is 11.8 Å². The Hall–Kier alpha value is -3.35. The molecule has 0 unspecified atom stereocenters. The Bertz CT molecular complexity index is 894. The molecule has 29 heavy (non-hydrogen) atoms. The van der Waals surface area contributed by atoms with Crippen molar-refractivity contribution in [1.82, 2.24) is 0 Å². The molecule has 2 aromatic carbocycles. The predicted octanol–water partition coefficient (Wildman–Crippen LogP) is 2.93. The number of nitrogens with zero attached hydrogens (tertiary/aromatic N) is 1. The molecule has 3 rings (SSSR count). The van der Waals surface area contributed by atoms with Crippen molar-refractivity contribution in [2.24, 2.45) is 0 Å². The standard InChI is InChI=1S/C22H24N2O5/c1-3-16-8-10-17(11-9-16)23-22(27)15(2)29-21(26)14-24-18-6-4-5-7-19(18)28-13-12-20(24)25/h4-11,15H,3,12-14H2,1-2H3,(H,23,27)/t15-/m1/s1. The summed E-state index contributed by atoms with van der Waals surface area (Å²) in [7, 11) is 0. The van der Waals surface area contributed by atoms with Gasteiger partial charge in [0.15, 0.2) is 6.10 Å². The maximum atomic E-state index is 12.4. The fourth-order valence-electron chi connectivity index (χ4n) is 2.98. The quantitative estimate of drug-likeness (QED) is 0.759. The van der Waals surface area contributed by atoms with Gasteiger partial charge in [-0.15, -0.1) is 0 Å². The van der Waals surface area contributed by atoms with Gasteiger partial charge in [0.05, 0.1) is 18.7 Å². The van der Waals surface area contributed by atoms with Gasteiger partial charge in [0.1, 0.15) is 12.3 Å². The lowest BCUT2D eigenvalue weighted by Gasteiger charge is -2.22. The molecule has 0 bridgehead atoms. The van der Waals surface area contributed by atoms with Gasteiger partial charge < -0.3 is 14.8 Å². The second-order valence-electron chi connectivity index (χ2n) is 6.72. The number of ether oxygens (including phenoxy) is 2. The molecule has 1 aliphatic rings. The lowest BCUT2D eigenvalue weighted by Crippen LogP contribution is -2.39. The third-order valence-electron chi connectivity index (χ3n) is 4.62. The van der Waals surface area contributed by atoms with Crippen LogP contribution in [0.5, 0.6) is 5.75 Å². The molecule has 7 heteroatoms. The molecule has 2 amide bonds. The topological polar surface area (TPSA) is 84.9 Å². The maximum absolute atomic E-state index is 12.4. The molecule has 152 valence electrons. The Labute approximate surface area is 169 Å². The highest BCUT2D eigenvalue weighted by atomic mass is 16.5. The summed E-state index contributed by atoms with van der Waals surface area (Å²) in [5, 5.41) is 2.72. The van der Waals surface area contributed by atoms with Crippen LogP contribution in [0.25, 0.3) is 0 Å². The van der Waals surface area contributed by atoms with Crippen LogP contribution in [0.1, 0.15) is 25.8 Å². The van der Waals surface area contributed by atoms with Gasteiger partial charge in [-0.1, -0.05) is 31.2 Å². The molecule has 1 N–H and O–H groups in total. The monoisotopic (exact) mass is 396 g/mol. The fraction of sp³-hybridized carbons (Fsp3) is 0.318. The third-order valence-corrected chi connectivity index (χ3v) is 4.62. The molecule has 0 saturated carbocycles. The van der Waals surface area contributed by atoms with Gasteiger partial charge >= 0.3 is 5.97 Å². The number of nitrogens with one attached hydrogen (secondary N) is 1. The Morgan fingerprint density at radius 1 is 1.17 bits per heavy atom. The number of anilines is 2. The van der Waals surface area contributed by atoms with Crippen LogP contribution in [0.4, 0.5) is 11.4 Å². The zero-order chi connectivity index (χ0) is 20.8. The minimum atomic E-state index is -0.998. The van der Waals surface area contributed by atoms with Crippen molar-refractivity contribution in [2.75, 3.05) is 23.4 Å². The molecular formula is C22H24N2O5. The molecule has 1 heterocycles. The third kappa shape index (κ3) is 5.13. The van der Waals surface area contributed by atoms with E-state index in [0.29, 0.717) is 17.1 Å². The summed E-state index contributed by atoms with van der Waals surface area (Å²) in [6.07, 6.45) is 0.0686. The molecule has 0 radical (unpaired) electrons. The van der Waals surface area contributed by atoms with Crippen molar-refractivity contribution in [2.45, 2.75) is 32.8 Å². The first-order valence-electron chi connectivity index (χ1n) is 9.59. The van der Waals surface area contributed by atoms with Crippen LogP contribution in [0.3, 0.4) is 0 Å². The number of hydrogen-bond donors (Lipinski definition) is 1. The number of amides is 2. The van der Waals surface area contributed by atoms with Gasteiger partial charge in [-0.3, -0.25) is 19.3 Å². The summed E-state index contributed by atoms with van der Waals surface area (Å²) < 4.78 is 10.8. The first kappa shape index (κ1) is 20.4. The number of rotatable bonds is 6. The fourth-order valence-corrected chi connectivity index (χ4v) is 2.98. The second kappa shape index (κ2) is 9.23. The average molecular weight is 396 g/mol. The van der Waals surface area contributed by atoms with Gasteiger partial charge in [-0.2, -0.15) is 0 Å². The summed E-state index contributed by atoms with van der Waals surface area (Å²) in [5.74, 6) is -0.806. The first-order valence-corrected chi connectivity index (χ1v) is 9.59. The SMILES string of the molecule is CCc1ccc(NC(=O)[C@@H](C)OC(=O)CN2C(=O)CCOc3ccccc32)cc1. The molecule has 0 aliphatic carbocycles. The van der Waals surface area contributed by atoms with Gasteiger partial charge in [-0.25, -0.2) is 0 Å². The van der Waals surface area contributed by atoms with Gasteiger partial charge in [0.2, 0.25) is 5.91 Å². The van der Waals surface area contributed by atoms with Gasteiger partial charge in [-0.05, 0) is 43.2 Å². The zero-order valence-electron chi connectivity index (χ0n) is 16.5. The Morgan fingerprint density at radius 2 is 1.90 bits per heavy atom. The predicted molar refractivity (Wildman–Crippen MR) is 109 cm³/mol. The summed E-state index contributed by atoms with van der Waals surface area (Å²) >= 11 is 0. The van der Waals surface area contributed by atoms with Crippen LogP contribution in [0.15, 0.2) is 48.5 Å². The molecular weight excluding hydrogens is 372 g/mol. The number of esters is 1. The number of hydrogen-bond acceptors (Lipinski definition) is 5. The van der Waals surface area contributed by atoms with Crippen LogP contribution < -0.4 is 15.0 Å². The van der Waals surface area contributed by atoms with E-state index >= 15 is 0 Å². The largest absolute Gasteiger partial charge is 0.491 e. The van der Waals surface area contributed by atoms with E-state index < -0.39 is 18.0 Å².